The molecule has 0 bridgehead atoms. The molecule has 0 aromatic heterocycles. The molecule has 0 radical (unpaired) electrons. The second-order valence-electron chi connectivity index (χ2n) is 20.3. The van der Waals surface area contributed by atoms with Crippen molar-refractivity contribution in [1.82, 2.24) is 5.32 Å². The lowest BCUT2D eigenvalue weighted by molar-refractivity contribution is -0.143. The van der Waals surface area contributed by atoms with Crippen molar-refractivity contribution in [3.05, 3.63) is 36.5 Å². The lowest BCUT2D eigenvalue weighted by Gasteiger charge is -2.20. The number of hydrogen-bond acceptors (Lipinski definition) is 5. The monoisotopic (exact) mass is 942 g/mol. The average Bonchev–Trinajstić information content (AvgIpc) is 3.33. The van der Waals surface area contributed by atoms with Crippen molar-refractivity contribution in [1.29, 1.82) is 0 Å². The molecule has 0 saturated heterocycles. The summed E-state index contributed by atoms with van der Waals surface area (Å²) in [5.74, 6) is -0.0660. The average molecular weight is 943 g/mol. The van der Waals surface area contributed by atoms with Crippen molar-refractivity contribution in [2.45, 2.75) is 328 Å². The van der Waals surface area contributed by atoms with Crippen molar-refractivity contribution in [3.63, 3.8) is 0 Å². The number of allylic oxidation sites excluding steroid dienone is 5. The summed E-state index contributed by atoms with van der Waals surface area (Å²) in [7, 11) is 0. The maximum absolute atomic E-state index is 12.4. The Balaban J connectivity index is 3.40. The maximum atomic E-state index is 12.4. The molecule has 0 aliphatic heterocycles. The standard InChI is InChI=1S/C61H115NO5/c1-3-5-7-9-11-13-15-34-37-41-45-49-53-59(64)58(57-63)62-60(65)54-50-46-42-38-35-31-29-27-25-23-21-19-17-16-18-20-22-24-26-28-30-32-36-40-44-48-52-56-67-61(66)55-51-47-43-39-33-14-12-10-8-6-4-2/h10,12,16-17,49,53,58-59,63-64H,3-9,11,13-15,18-48,50-52,54-57H2,1-2H3,(H,62,65)/b12-10-,17-16-,53-49+. The summed E-state index contributed by atoms with van der Waals surface area (Å²) < 4.78 is 5.46. The van der Waals surface area contributed by atoms with Gasteiger partial charge in [-0.05, 0) is 77.0 Å². The van der Waals surface area contributed by atoms with E-state index in [0.717, 1.165) is 44.9 Å². The van der Waals surface area contributed by atoms with E-state index in [1.165, 1.54) is 244 Å². The molecule has 0 aromatic rings. The minimum absolute atomic E-state index is 0.00325. The Morgan fingerprint density at radius 3 is 1.10 bits per heavy atom. The molecule has 0 saturated carbocycles. The first-order valence-corrected chi connectivity index (χ1v) is 29.8. The summed E-state index contributed by atoms with van der Waals surface area (Å²) in [6.45, 7) is 4.86. The molecule has 394 valence electrons. The zero-order valence-corrected chi connectivity index (χ0v) is 44.9. The van der Waals surface area contributed by atoms with Gasteiger partial charge in [-0.3, -0.25) is 9.59 Å². The van der Waals surface area contributed by atoms with E-state index in [1.54, 1.807) is 6.08 Å². The highest BCUT2D eigenvalue weighted by Crippen LogP contribution is 2.16. The third-order valence-corrected chi connectivity index (χ3v) is 13.6. The smallest absolute Gasteiger partial charge is 0.305 e. The maximum Gasteiger partial charge on any atom is 0.305 e. The molecular weight excluding hydrogens is 827 g/mol. The van der Waals surface area contributed by atoms with Crippen LogP contribution < -0.4 is 5.32 Å². The van der Waals surface area contributed by atoms with Crippen LogP contribution >= 0.6 is 0 Å². The molecule has 0 aliphatic rings. The molecular formula is C61H115NO5. The Morgan fingerprint density at radius 1 is 0.403 bits per heavy atom. The summed E-state index contributed by atoms with van der Waals surface area (Å²) in [6, 6.07) is -0.627. The first kappa shape index (κ1) is 65.1. The first-order valence-electron chi connectivity index (χ1n) is 29.8. The van der Waals surface area contributed by atoms with Crippen molar-refractivity contribution >= 4 is 11.9 Å². The SMILES string of the molecule is CCCC/C=C\CCCCCCCC(=O)OCCCCCCCCCCCCCC/C=C\CCCCCCCCCCCCCC(=O)NC(CO)C(O)/C=C/CCCCCCCCCCCC. The third kappa shape index (κ3) is 53.3. The topological polar surface area (TPSA) is 95.9 Å². The summed E-state index contributed by atoms with van der Waals surface area (Å²) in [5, 5.41) is 23.0. The molecule has 0 aliphatic carbocycles. The van der Waals surface area contributed by atoms with E-state index in [1.807, 2.05) is 6.08 Å². The highest BCUT2D eigenvalue weighted by Gasteiger charge is 2.18. The highest BCUT2D eigenvalue weighted by atomic mass is 16.5. The molecule has 0 heterocycles. The Bertz CT molecular complexity index is 1090. The van der Waals surface area contributed by atoms with Crippen molar-refractivity contribution in [3.8, 4) is 0 Å². The second-order valence-corrected chi connectivity index (χ2v) is 20.3. The van der Waals surface area contributed by atoms with Crippen LogP contribution in [0, 0.1) is 0 Å². The van der Waals surface area contributed by atoms with Gasteiger partial charge in [0.1, 0.15) is 0 Å². The largest absolute Gasteiger partial charge is 0.466 e. The van der Waals surface area contributed by atoms with Crippen LogP contribution in [0.15, 0.2) is 36.5 Å². The van der Waals surface area contributed by atoms with Gasteiger partial charge in [-0.2, -0.15) is 0 Å². The zero-order chi connectivity index (χ0) is 48.6. The van der Waals surface area contributed by atoms with Crippen LogP contribution in [0.25, 0.3) is 0 Å². The Kier molecular flexibility index (Phi) is 55.0. The van der Waals surface area contributed by atoms with Gasteiger partial charge in [-0.15, -0.1) is 0 Å². The van der Waals surface area contributed by atoms with Gasteiger partial charge >= 0.3 is 5.97 Å². The molecule has 1 amide bonds. The van der Waals surface area contributed by atoms with Gasteiger partial charge in [0.2, 0.25) is 5.91 Å². The van der Waals surface area contributed by atoms with Crippen molar-refractivity contribution in [2.75, 3.05) is 13.2 Å². The fourth-order valence-corrected chi connectivity index (χ4v) is 9.02. The second kappa shape index (κ2) is 56.7. The lowest BCUT2D eigenvalue weighted by Crippen LogP contribution is -2.45. The quantitative estimate of drug-likeness (QED) is 0.0321. The van der Waals surface area contributed by atoms with Gasteiger partial charge in [0, 0.05) is 12.8 Å². The van der Waals surface area contributed by atoms with E-state index in [-0.39, 0.29) is 18.5 Å². The molecule has 6 nitrogen and oxygen atoms in total. The van der Waals surface area contributed by atoms with Gasteiger partial charge in [0.05, 0.1) is 25.4 Å². The molecule has 67 heavy (non-hydrogen) atoms. The molecule has 2 atom stereocenters. The van der Waals surface area contributed by atoms with E-state index in [9.17, 15) is 19.8 Å². The number of nitrogens with one attached hydrogen (secondary N) is 1. The van der Waals surface area contributed by atoms with E-state index in [2.05, 4.69) is 43.5 Å². The fraction of sp³-hybridized carbons (Fsp3) is 0.869. The first-order chi connectivity index (χ1) is 33.0. The minimum atomic E-state index is -0.844. The fourth-order valence-electron chi connectivity index (χ4n) is 9.02. The normalized spacial score (nSPS) is 12.8. The Labute approximate surface area is 417 Å². The van der Waals surface area contributed by atoms with Crippen LogP contribution in [0.3, 0.4) is 0 Å². The zero-order valence-electron chi connectivity index (χ0n) is 44.9. The minimum Gasteiger partial charge on any atom is -0.466 e. The van der Waals surface area contributed by atoms with Crippen LogP contribution in [0.4, 0.5) is 0 Å². The van der Waals surface area contributed by atoms with Gasteiger partial charge in [0.25, 0.3) is 0 Å². The number of hydrogen-bond donors (Lipinski definition) is 3. The van der Waals surface area contributed by atoms with E-state index < -0.39 is 12.1 Å². The predicted molar refractivity (Wildman–Crippen MR) is 292 cm³/mol. The number of rotatable bonds is 55. The molecule has 0 rings (SSSR count). The number of unbranched alkanes of at least 4 members (excludes halogenated alkanes) is 40. The number of amides is 1. The number of ether oxygens (including phenoxy) is 1. The molecule has 0 aromatic carbocycles. The summed E-state index contributed by atoms with van der Waals surface area (Å²) in [5.41, 5.74) is 0. The summed E-state index contributed by atoms with van der Waals surface area (Å²) in [4.78, 5) is 24.4. The summed E-state index contributed by atoms with van der Waals surface area (Å²) >= 11 is 0. The molecule has 0 spiro atoms. The number of carbonyl (C=O) groups excluding carboxylic acids is 2. The van der Waals surface area contributed by atoms with Crippen molar-refractivity contribution in [2.24, 2.45) is 0 Å². The Morgan fingerprint density at radius 2 is 0.716 bits per heavy atom. The lowest BCUT2D eigenvalue weighted by atomic mass is 10.0. The van der Waals surface area contributed by atoms with Crippen LogP contribution in [-0.4, -0.2) is 47.4 Å². The predicted octanol–water partition coefficient (Wildman–Crippen LogP) is 18.4. The highest BCUT2D eigenvalue weighted by molar-refractivity contribution is 5.76. The van der Waals surface area contributed by atoms with Crippen LogP contribution in [0.5, 0.6) is 0 Å². The van der Waals surface area contributed by atoms with Gasteiger partial charge < -0.3 is 20.3 Å². The molecule has 6 heteroatoms. The van der Waals surface area contributed by atoms with Crippen LogP contribution in [0.2, 0.25) is 0 Å². The number of carbonyl (C=O) groups is 2. The molecule has 3 N–H and O–H groups in total. The molecule has 0 fully saturated rings. The van der Waals surface area contributed by atoms with Crippen LogP contribution in [-0.2, 0) is 14.3 Å². The van der Waals surface area contributed by atoms with Gasteiger partial charge in [-0.1, -0.05) is 262 Å². The van der Waals surface area contributed by atoms with Gasteiger partial charge in [-0.25, -0.2) is 0 Å². The van der Waals surface area contributed by atoms with Crippen molar-refractivity contribution < 1.29 is 24.5 Å². The Hall–Kier alpha value is -1.92. The number of esters is 1. The van der Waals surface area contributed by atoms with E-state index in [4.69, 9.17) is 4.74 Å². The van der Waals surface area contributed by atoms with E-state index >= 15 is 0 Å². The molecule has 2 unspecified atom stereocenters. The van der Waals surface area contributed by atoms with Crippen LogP contribution in [0.1, 0.15) is 316 Å². The van der Waals surface area contributed by atoms with Gasteiger partial charge in [0.15, 0.2) is 0 Å². The summed E-state index contributed by atoms with van der Waals surface area (Å²) in [6.07, 6.45) is 70.4. The van der Waals surface area contributed by atoms with E-state index in [0.29, 0.717) is 19.4 Å². The number of aliphatic hydroxyl groups excluding tert-OH is 2. The third-order valence-electron chi connectivity index (χ3n) is 13.6. The number of aliphatic hydroxyl groups is 2.